The van der Waals surface area contributed by atoms with Crippen LogP contribution in [0, 0.1) is 0 Å². The summed E-state index contributed by atoms with van der Waals surface area (Å²) in [5.41, 5.74) is 6.28. The van der Waals surface area contributed by atoms with E-state index in [1.165, 1.54) is 0 Å². The van der Waals surface area contributed by atoms with Gasteiger partial charge in [-0.15, -0.1) is 0 Å². The number of rotatable bonds is 3. The molecule has 2 heterocycles. The molecule has 2 N–H and O–H groups in total. The van der Waals surface area contributed by atoms with Gasteiger partial charge in [0.15, 0.2) is 0 Å². The van der Waals surface area contributed by atoms with Crippen LogP contribution < -0.4 is 10.6 Å². The molecular formula is C11H17N3O2. The van der Waals surface area contributed by atoms with Crippen LogP contribution in [-0.2, 0) is 9.47 Å². The van der Waals surface area contributed by atoms with Gasteiger partial charge in [0.1, 0.15) is 18.0 Å². The Labute approximate surface area is 95.2 Å². The van der Waals surface area contributed by atoms with Crippen LogP contribution in [0.3, 0.4) is 0 Å². The van der Waals surface area contributed by atoms with Gasteiger partial charge in [0, 0.05) is 27.3 Å². The number of hydrogen-bond donors (Lipinski definition) is 1. The first-order valence-corrected chi connectivity index (χ1v) is 5.26. The van der Waals surface area contributed by atoms with Gasteiger partial charge in [-0.2, -0.15) is 0 Å². The van der Waals surface area contributed by atoms with E-state index < -0.39 is 0 Å². The van der Waals surface area contributed by atoms with Gasteiger partial charge in [-0.1, -0.05) is 0 Å². The lowest BCUT2D eigenvalue weighted by Gasteiger charge is -2.16. The van der Waals surface area contributed by atoms with Crippen molar-refractivity contribution < 1.29 is 9.47 Å². The SMILES string of the molecule is CO[C@H]1CN(c2ccc(N)cn2)C[C@@H]1OC. The van der Waals surface area contributed by atoms with Crippen LogP contribution in [0.2, 0.25) is 0 Å². The van der Waals surface area contributed by atoms with Crippen molar-refractivity contribution in [3.8, 4) is 0 Å². The molecule has 0 aliphatic carbocycles. The Bertz CT molecular complexity index is 330. The first-order chi connectivity index (χ1) is 7.74. The highest BCUT2D eigenvalue weighted by Gasteiger charge is 2.33. The van der Waals surface area contributed by atoms with Gasteiger partial charge in [-0.05, 0) is 12.1 Å². The van der Waals surface area contributed by atoms with E-state index in [1.54, 1.807) is 20.4 Å². The maximum atomic E-state index is 5.60. The maximum absolute atomic E-state index is 5.60. The Morgan fingerprint density at radius 1 is 1.25 bits per heavy atom. The van der Waals surface area contributed by atoms with E-state index >= 15 is 0 Å². The molecule has 5 heteroatoms. The lowest BCUT2D eigenvalue weighted by molar-refractivity contribution is -0.00461. The molecule has 1 aliphatic heterocycles. The number of nitrogen functional groups attached to an aromatic ring is 1. The normalized spacial score (nSPS) is 25.0. The number of pyridine rings is 1. The molecule has 2 rings (SSSR count). The minimum atomic E-state index is 0.101. The van der Waals surface area contributed by atoms with Crippen LogP contribution in [0.5, 0.6) is 0 Å². The van der Waals surface area contributed by atoms with Gasteiger partial charge in [0.2, 0.25) is 0 Å². The van der Waals surface area contributed by atoms with Crippen LogP contribution in [0.4, 0.5) is 11.5 Å². The second kappa shape index (κ2) is 4.67. The molecule has 0 aromatic carbocycles. The molecule has 1 aromatic heterocycles. The van der Waals surface area contributed by atoms with Crippen molar-refractivity contribution in [2.24, 2.45) is 0 Å². The van der Waals surface area contributed by atoms with Gasteiger partial charge in [0.25, 0.3) is 0 Å². The summed E-state index contributed by atoms with van der Waals surface area (Å²) in [5, 5.41) is 0. The molecule has 1 fully saturated rings. The van der Waals surface area contributed by atoms with Crippen molar-refractivity contribution in [1.29, 1.82) is 0 Å². The summed E-state index contributed by atoms with van der Waals surface area (Å²) in [5.74, 6) is 0.913. The second-order valence-electron chi connectivity index (χ2n) is 3.90. The molecule has 2 atom stereocenters. The number of anilines is 2. The number of aromatic nitrogens is 1. The van der Waals surface area contributed by atoms with Crippen molar-refractivity contribution in [2.45, 2.75) is 12.2 Å². The molecule has 0 spiro atoms. The summed E-state index contributed by atoms with van der Waals surface area (Å²) in [6.07, 6.45) is 1.87. The Morgan fingerprint density at radius 2 is 1.88 bits per heavy atom. The smallest absolute Gasteiger partial charge is 0.128 e. The molecule has 0 radical (unpaired) electrons. The summed E-state index contributed by atoms with van der Waals surface area (Å²) in [4.78, 5) is 6.43. The van der Waals surface area contributed by atoms with E-state index in [9.17, 15) is 0 Å². The molecule has 0 unspecified atom stereocenters. The first kappa shape index (κ1) is 11.2. The predicted molar refractivity (Wildman–Crippen MR) is 62.5 cm³/mol. The van der Waals surface area contributed by atoms with Gasteiger partial charge >= 0.3 is 0 Å². The number of nitrogens with zero attached hydrogens (tertiary/aromatic N) is 2. The standard InChI is InChI=1S/C11H17N3O2/c1-15-9-6-14(7-10(9)16-2)11-4-3-8(12)5-13-11/h3-5,9-10H,6-7,12H2,1-2H3/t9-,10-/m0/s1. The van der Waals surface area contributed by atoms with Crippen LogP contribution >= 0.6 is 0 Å². The van der Waals surface area contributed by atoms with Crippen LogP contribution in [0.1, 0.15) is 0 Å². The van der Waals surface area contributed by atoms with Crippen molar-refractivity contribution in [3.05, 3.63) is 18.3 Å². The van der Waals surface area contributed by atoms with Crippen LogP contribution in [-0.4, -0.2) is 44.5 Å². The fraction of sp³-hybridized carbons (Fsp3) is 0.545. The molecule has 16 heavy (non-hydrogen) atoms. The Hall–Kier alpha value is -1.33. The van der Waals surface area contributed by atoms with E-state index in [2.05, 4.69) is 9.88 Å². The third kappa shape index (κ3) is 2.10. The third-order valence-electron chi connectivity index (χ3n) is 2.92. The molecule has 1 aromatic rings. The Balaban J connectivity index is 2.09. The zero-order chi connectivity index (χ0) is 11.5. The zero-order valence-corrected chi connectivity index (χ0v) is 9.59. The highest BCUT2D eigenvalue weighted by molar-refractivity contribution is 5.46. The fourth-order valence-corrected chi connectivity index (χ4v) is 1.97. The van der Waals surface area contributed by atoms with Crippen molar-refractivity contribution in [2.75, 3.05) is 37.9 Å². The first-order valence-electron chi connectivity index (χ1n) is 5.26. The minimum absolute atomic E-state index is 0.101. The quantitative estimate of drug-likeness (QED) is 0.809. The van der Waals surface area contributed by atoms with E-state index in [0.717, 1.165) is 18.9 Å². The van der Waals surface area contributed by atoms with E-state index in [0.29, 0.717) is 5.69 Å². The van der Waals surface area contributed by atoms with Crippen molar-refractivity contribution >= 4 is 11.5 Å². The molecule has 0 amide bonds. The van der Waals surface area contributed by atoms with Gasteiger partial charge in [0.05, 0.1) is 11.9 Å². The van der Waals surface area contributed by atoms with Gasteiger partial charge in [-0.3, -0.25) is 0 Å². The minimum Gasteiger partial charge on any atom is -0.397 e. The lowest BCUT2D eigenvalue weighted by Crippen LogP contribution is -2.27. The summed E-state index contributed by atoms with van der Waals surface area (Å²) < 4.78 is 10.7. The topological polar surface area (TPSA) is 60.6 Å². The summed E-state index contributed by atoms with van der Waals surface area (Å²) >= 11 is 0. The highest BCUT2D eigenvalue weighted by Crippen LogP contribution is 2.21. The molecule has 0 bridgehead atoms. The van der Waals surface area contributed by atoms with Crippen molar-refractivity contribution in [1.82, 2.24) is 4.98 Å². The summed E-state index contributed by atoms with van der Waals surface area (Å²) in [6.45, 7) is 1.60. The Kier molecular flexibility index (Phi) is 3.26. The molecular weight excluding hydrogens is 206 g/mol. The average molecular weight is 223 g/mol. The predicted octanol–water partition coefficient (Wildman–Crippen LogP) is 0.514. The van der Waals surface area contributed by atoms with Crippen molar-refractivity contribution in [3.63, 3.8) is 0 Å². The average Bonchev–Trinajstić information content (AvgIpc) is 2.73. The number of hydrogen-bond acceptors (Lipinski definition) is 5. The highest BCUT2D eigenvalue weighted by atomic mass is 16.5. The van der Waals surface area contributed by atoms with E-state index in [4.69, 9.17) is 15.2 Å². The number of methoxy groups -OCH3 is 2. The summed E-state index contributed by atoms with van der Waals surface area (Å²) in [7, 11) is 3.41. The van der Waals surface area contributed by atoms with Crippen LogP contribution in [0.15, 0.2) is 18.3 Å². The number of nitrogens with two attached hydrogens (primary N) is 1. The molecule has 88 valence electrons. The maximum Gasteiger partial charge on any atom is 0.128 e. The Morgan fingerprint density at radius 3 is 2.31 bits per heavy atom. The molecule has 1 saturated heterocycles. The van der Waals surface area contributed by atoms with Crippen LogP contribution in [0.25, 0.3) is 0 Å². The van der Waals surface area contributed by atoms with Gasteiger partial charge < -0.3 is 20.1 Å². The lowest BCUT2D eigenvalue weighted by atomic mass is 10.3. The zero-order valence-electron chi connectivity index (χ0n) is 9.59. The van der Waals surface area contributed by atoms with E-state index in [1.807, 2.05) is 12.1 Å². The molecule has 0 saturated carbocycles. The molecule has 1 aliphatic rings. The summed E-state index contributed by atoms with van der Waals surface area (Å²) in [6, 6.07) is 3.77. The third-order valence-corrected chi connectivity index (χ3v) is 2.92. The van der Waals surface area contributed by atoms with Gasteiger partial charge in [-0.25, -0.2) is 4.98 Å². The monoisotopic (exact) mass is 223 g/mol. The number of ether oxygens (including phenoxy) is 2. The molecule has 5 nitrogen and oxygen atoms in total. The largest absolute Gasteiger partial charge is 0.397 e. The fourth-order valence-electron chi connectivity index (χ4n) is 1.97. The second-order valence-corrected chi connectivity index (χ2v) is 3.90. The van der Waals surface area contributed by atoms with E-state index in [-0.39, 0.29) is 12.2 Å².